The summed E-state index contributed by atoms with van der Waals surface area (Å²) in [6, 6.07) is -0.156. The number of fused-ring (bicyclic) bond motifs is 1. The monoisotopic (exact) mass is 300 g/mol. The topological polar surface area (TPSA) is 40.6 Å². The average Bonchev–Trinajstić information content (AvgIpc) is 2.46. The van der Waals surface area contributed by atoms with Crippen LogP contribution in [0.4, 0.5) is 0 Å². The summed E-state index contributed by atoms with van der Waals surface area (Å²) in [6.45, 7) is 1.83. The van der Waals surface area contributed by atoms with E-state index in [2.05, 4.69) is 0 Å². The molecule has 2 atom stereocenters. The highest BCUT2D eigenvalue weighted by atomic mass is 32.2. The molecule has 0 bridgehead atoms. The number of hydrogen-bond donors (Lipinski definition) is 0. The van der Waals surface area contributed by atoms with Crippen molar-refractivity contribution >= 4 is 35.3 Å². The van der Waals surface area contributed by atoms with Gasteiger partial charge < -0.3 is 9.80 Å². The van der Waals surface area contributed by atoms with Crippen molar-refractivity contribution in [3.05, 3.63) is 0 Å². The fraction of sp³-hybridized carbons (Fsp3) is 0.846. The number of rotatable bonds is 2. The Morgan fingerprint density at radius 1 is 1.21 bits per heavy atom. The number of piperidine rings is 1. The first-order chi connectivity index (χ1) is 9.25. The maximum Gasteiger partial charge on any atom is 0.245 e. The minimum atomic E-state index is -0.156. The summed E-state index contributed by atoms with van der Waals surface area (Å²) in [5.41, 5.74) is 0. The Labute approximate surface area is 122 Å². The first-order valence-electron chi connectivity index (χ1n) is 7.03. The lowest BCUT2D eigenvalue weighted by molar-refractivity contribution is -0.157. The predicted octanol–water partition coefficient (Wildman–Crippen LogP) is 1.06. The van der Waals surface area contributed by atoms with E-state index >= 15 is 0 Å². The van der Waals surface area contributed by atoms with Crippen LogP contribution in [0.2, 0.25) is 0 Å². The zero-order chi connectivity index (χ0) is 13.2. The van der Waals surface area contributed by atoms with Crippen LogP contribution in [0, 0.1) is 0 Å². The van der Waals surface area contributed by atoms with E-state index in [1.807, 2.05) is 33.3 Å². The number of piperazine rings is 1. The third-order valence-corrected chi connectivity index (χ3v) is 6.88. The van der Waals surface area contributed by atoms with Crippen molar-refractivity contribution in [3.63, 3.8) is 0 Å². The maximum atomic E-state index is 12.5. The lowest BCUT2D eigenvalue weighted by Gasteiger charge is -2.43. The zero-order valence-electron chi connectivity index (χ0n) is 11.0. The van der Waals surface area contributed by atoms with Gasteiger partial charge in [0.1, 0.15) is 6.04 Å². The zero-order valence-corrected chi connectivity index (χ0v) is 12.7. The van der Waals surface area contributed by atoms with Gasteiger partial charge in [-0.05, 0) is 19.3 Å². The molecule has 4 nitrogen and oxygen atoms in total. The van der Waals surface area contributed by atoms with E-state index < -0.39 is 0 Å². The molecule has 19 heavy (non-hydrogen) atoms. The van der Waals surface area contributed by atoms with E-state index in [0.29, 0.717) is 11.8 Å². The molecule has 3 aliphatic heterocycles. The van der Waals surface area contributed by atoms with Crippen molar-refractivity contribution in [2.45, 2.75) is 30.6 Å². The standard InChI is InChI=1S/C13H20N2O2S2/c16-12-8-14(7-10-9-18-5-6-19-10)13(17)11-3-1-2-4-15(11)12/h10-11H,1-9H2. The Hall–Kier alpha value is -0.360. The number of carbonyl (C=O) groups excluding carboxylic acids is 2. The Morgan fingerprint density at radius 2 is 2.11 bits per heavy atom. The van der Waals surface area contributed by atoms with Gasteiger partial charge in [-0.1, -0.05) is 0 Å². The van der Waals surface area contributed by atoms with Gasteiger partial charge in [0.05, 0.1) is 6.54 Å². The first kappa shape index (κ1) is 13.6. The smallest absolute Gasteiger partial charge is 0.245 e. The SMILES string of the molecule is O=C1C2CCCCN2C(=O)CN1CC1CSCCS1. The van der Waals surface area contributed by atoms with Gasteiger partial charge in [0.2, 0.25) is 11.8 Å². The molecule has 2 unspecified atom stereocenters. The molecule has 0 aromatic carbocycles. The summed E-state index contributed by atoms with van der Waals surface area (Å²) < 4.78 is 0. The summed E-state index contributed by atoms with van der Waals surface area (Å²) in [6.07, 6.45) is 2.97. The third-order valence-electron chi connectivity index (χ3n) is 4.05. The number of hydrogen-bond acceptors (Lipinski definition) is 4. The second-order valence-corrected chi connectivity index (χ2v) is 7.94. The van der Waals surface area contributed by atoms with E-state index in [1.54, 1.807) is 0 Å². The van der Waals surface area contributed by atoms with Crippen molar-refractivity contribution in [1.82, 2.24) is 9.80 Å². The van der Waals surface area contributed by atoms with Crippen molar-refractivity contribution < 1.29 is 9.59 Å². The second kappa shape index (κ2) is 5.95. The summed E-state index contributed by atoms with van der Waals surface area (Å²) in [7, 11) is 0. The summed E-state index contributed by atoms with van der Waals surface area (Å²) in [4.78, 5) is 28.3. The van der Waals surface area contributed by atoms with E-state index in [1.165, 1.54) is 11.5 Å². The number of thioether (sulfide) groups is 2. The van der Waals surface area contributed by atoms with Crippen LogP contribution in [-0.2, 0) is 9.59 Å². The van der Waals surface area contributed by atoms with Gasteiger partial charge in [-0.15, -0.1) is 0 Å². The fourth-order valence-corrected chi connectivity index (χ4v) is 5.76. The van der Waals surface area contributed by atoms with Crippen LogP contribution in [-0.4, -0.2) is 69.8 Å². The quantitative estimate of drug-likeness (QED) is 0.764. The number of nitrogens with zero attached hydrogens (tertiary/aromatic N) is 2. The molecule has 3 aliphatic rings. The van der Waals surface area contributed by atoms with Crippen molar-refractivity contribution in [1.29, 1.82) is 0 Å². The highest BCUT2D eigenvalue weighted by Crippen LogP contribution is 2.27. The van der Waals surface area contributed by atoms with Gasteiger partial charge in [0.15, 0.2) is 0 Å². The highest BCUT2D eigenvalue weighted by Gasteiger charge is 2.40. The van der Waals surface area contributed by atoms with Crippen molar-refractivity contribution in [2.75, 3.05) is 36.9 Å². The Morgan fingerprint density at radius 3 is 2.89 bits per heavy atom. The van der Waals surface area contributed by atoms with Crippen LogP contribution in [0.3, 0.4) is 0 Å². The summed E-state index contributed by atoms with van der Waals surface area (Å²) in [5, 5.41) is 0.505. The lowest BCUT2D eigenvalue weighted by atomic mass is 9.98. The van der Waals surface area contributed by atoms with Crippen LogP contribution in [0.15, 0.2) is 0 Å². The van der Waals surface area contributed by atoms with Crippen molar-refractivity contribution in [2.24, 2.45) is 0 Å². The molecule has 0 N–H and O–H groups in total. The van der Waals surface area contributed by atoms with Crippen LogP contribution >= 0.6 is 23.5 Å². The molecule has 3 saturated heterocycles. The first-order valence-corrected chi connectivity index (χ1v) is 9.23. The van der Waals surface area contributed by atoms with E-state index in [0.717, 1.165) is 38.1 Å². The molecule has 3 fully saturated rings. The molecule has 0 spiro atoms. The molecule has 6 heteroatoms. The molecule has 0 radical (unpaired) electrons. The molecular formula is C13H20N2O2S2. The summed E-state index contributed by atoms with van der Waals surface area (Å²) >= 11 is 3.91. The Bertz CT molecular complexity index is 372. The van der Waals surface area contributed by atoms with Gasteiger partial charge >= 0.3 is 0 Å². The van der Waals surface area contributed by atoms with Crippen LogP contribution in [0.5, 0.6) is 0 Å². The molecule has 0 aromatic rings. The minimum Gasteiger partial charge on any atom is -0.330 e. The van der Waals surface area contributed by atoms with Gasteiger partial charge in [-0.2, -0.15) is 23.5 Å². The maximum absolute atomic E-state index is 12.5. The van der Waals surface area contributed by atoms with Gasteiger partial charge in [0, 0.05) is 35.6 Å². The van der Waals surface area contributed by atoms with Gasteiger partial charge in [-0.3, -0.25) is 9.59 Å². The second-order valence-electron chi connectivity index (χ2n) is 5.39. The van der Waals surface area contributed by atoms with Crippen LogP contribution in [0.1, 0.15) is 19.3 Å². The third kappa shape index (κ3) is 2.89. The van der Waals surface area contributed by atoms with Crippen LogP contribution in [0.25, 0.3) is 0 Å². The number of carbonyl (C=O) groups is 2. The lowest BCUT2D eigenvalue weighted by Crippen LogP contribution is -2.62. The normalized spacial score (nSPS) is 32.4. The minimum absolute atomic E-state index is 0.151. The molecule has 0 aromatic heterocycles. The average molecular weight is 300 g/mol. The molecule has 3 heterocycles. The molecular weight excluding hydrogens is 280 g/mol. The molecule has 0 saturated carbocycles. The highest BCUT2D eigenvalue weighted by molar-refractivity contribution is 8.06. The Balaban J connectivity index is 1.65. The van der Waals surface area contributed by atoms with Crippen LogP contribution < -0.4 is 0 Å². The molecule has 106 valence electrons. The molecule has 0 aliphatic carbocycles. The summed E-state index contributed by atoms with van der Waals surface area (Å²) in [5.74, 6) is 3.83. The van der Waals surface area contributed by atoms with E-state index in [9.17, 15) is 9.59 Å². The largest absolute Gasteiger partial charge is 0.330 e. The molecule has 3 rings (SSSR count). The fourth-order valence-electron chi connectivity index (χ4n) is 3.07. The number of amides is 2. The molecule has 2 amide bonds. The van der Waals surface area contributed by atoms with Gasteiger partial charge in [0.25, 0.3) is 0 Å². The predicted molar refractivity (Wildman–Crippen MR) is 79.5 cm³/mol. The van der Waals surface area contributed by atoms with Crippen molar-refractivity contribution in [3.8, 4) is 0 Å². The Kier molecular flexibility index (Phi) is 4.27. The van der Waals surface area contributed by atoms with E-state index in [4.69, 9.17) is 0 Å². The van der Waals surface area contributed by atoms with E-state index in [-0.39, 0.29) is 17.9 Å². The van der Waals surface area contributed by atoms with Gasteiger partial charge in [-0.25, -0.2) is 0 Å².